The number of rotatable bonds is 24. The SMILES string of the molecule is CCCCCCCCCCCCCCCCCCCc1n(CC)cc[n+]1CCCCCC. The molecule has 2 heteroatoms. The molecule has 0 N–H and O–H groups in total. The lowest BCUT2D eigenvalue weighted by molar-refractivity contribution is -0.704. The molecule has 188 valence electrons. The lowest BCUT2D eigenvalue weighted by atomic mass is 10.0. The van der Waals surface area contributed by atoms with Crippen LogP contribution in [0.3, 0.4) is 0 Å². The highest BCUT2D eigenvalue weighted by atomic mass is 15.1. The Morgan fingerprint density at radius 3 is 1.38 bits per heavy atom. The first-order valence-corrected chi connectivity index (χ1v) is 14.9. The maximum Gasteiger partial charge on any atom is 0.256 e. The van der Waals surface area contributed by atoms with Crippen molar-refractivity contribution in [2.45, 2.75) is 175 Å². The minimum Gasteiger partial charge on any atom is -0.235 e. The van der Waals surface area contributed by atoms with E-state index >= 15 is 0 Å². The Labute approximate surface area is 202 Å². The summed E-state index contributed by atoms with van der Waals surface area (Å²) in [5.41, 5.74) is 0. The van der Waals surface area contributed by atoms with E-state index in [-0.39, 0.29) is 0 Å². The van der Waals surface area contributed by atoms with Gasteiger partial charge in [-0.3, -0.25) is 0 Å². The number of aromatic nitrogens is 2. The van der Waals surface area contributed by atoms with Crippen molar-refractivity contribution < 1.29 is 4.57 Å². The first kappa shape index (κ1) is 29.2. The standard InChI is InChI=1S/C30H59N2/c1-4-7-9-11-12-13-14-15-16-17-18-19-20-21-22-23-24-26-30-31(6-3)28-29-32(30)27-25-10-8-5-2/h28-29H,4-27H2,1-3H3/q+1. The van der Waals surface area contributed by atoms with Gasteiger partial charge in [-0.25, -0.2) is 9.13 Å². The molecule has 0 saturated heterocycles. The van der Waals surface area contributed by atoms with Crippen LogP contribution in [0.25, 0.3) is 0 Å². The van der Waals surface area contributed by atoms with Crippen molar-refractivity contribution in [2.24, 2.45) is 0 Å². The number of hydrogen-bond acceptors (Lipinski definition) is 0. The zero-order valence-corrected chi connectivity index (χ0v) is 22.5. The number of imidazole rings is 1. The highest BCUT2D eigenvalue weighted by Crippen LogP contribution is 2.14. The maximum absolute atomic E-state index is 2.53. The maximum atomic E-state index is 2.53. The van der Waals surface area contributed by atoms with Gasteiger partial charge in [0.15, 0.2) is 0 Å². The minimum absolute atomic E-state index is 1.11. The average Bonchev–Trinajstić information content (AvgIpc) is 3.20. The van der Waals surface area contributed by atoms with Crippen LogP contribution < -0.4 is 4.57 Å². The molecular weight excluding hydrogens is 388 g/mol. The normalized spacial score (nSPS) is 11.5. The largest absolute Gasteiger partial charge is 0.256 e. The van der Waals surface area contributed by atoms with Crippen LogP contribution in [-0.2, 0) is 19.5 Å². The van der Waals surface area contributed by atoms with Gasteiger partial charge in [0, 0.05) is 6.42 Å². The van der Waals surface area contributed by atoms with Gasteiger partial charge in [0.1, 0.15) is 12.4 Å². The third-order valence-electron chi connectivity index (χ3n) is 7.19. The summed E-state index contributed by atoms with van der Waals surface area (Å²) in [5, 5.41) is 0. The smallest absolute Gasteiger partial charge is 0.235 e. The van der Waals surface area contributed by atoms with Crippen molar-refractivity contribution in [1.29, 1.82) is 0 Å². The van der Waals surface area contributed by atoms with Gasteiger partial charge in [-0.2, -0.15) is 0 Å². The molecule has 0 aliphatic rings. The van der Waals surface area contributed by atoms with E-state index in [1.54, 1.807) is 5.82 Å². The molecule has 0 atom stereocenters. The molecule has 0 bridgehead atoms. The van der Waals surface area contributed by atoms with Crippen LogP contribution in [0.1, 0.15) is 161 Å². The monoisotopic (exact) mass is 447 g/mol. The third kappa shape index (κ3) is 15.1. The van der Waals surface area contributed by atoms with Crippen LogP contribution in [-0.4, -0.2) is 4.57 Å². The summed E-state index contributed by atoms with van der Waals surface area (Å²) in [7, 11) is 0. The molecular formula is C30H59N2+. The van der Waals surface area contributed by atoms with E-state index in [1.165, 1.54) is 148 Å². The summed E-state index contributed by atoms with van der Waals surface area (Å²) in [6, 6.07) is 0. The summed E-state index contributed by atoms with van der Waals surface area (Å²) in [6.45, 7) is 9.19. The Morgan fingerprint density at radius 1 is 0.531 bits per heavy atom. The molecule has 32 heavy (non-hydrogen) atoms. The van der Waals surface area contributed by atoms with E-state index in [0.29, 0.717) is 0 Å². The number of hydrogen-bond donors (Lipinski definition) is 0. The van der Waals surface area contributed by atoms with Gasteiger partial charge in [-0.05, 0) is 26.2 Å². The number of nitrogens with zero attached hydrogens (tertiary/aromatic N) is 2. The average molecular weight is 448 g/mol. The first-order valence-electron chi connectivity index (χ1n) is 14.9. The van der Waals surface area contributed by atoms with Gasteiger partial charge in [0.05, 0.1) is 13.1 Å². The van der Waals surface area contributed by atoms with E-state index in [0.717, 1.165) is 6.54 Å². The fourth-order valence-corrected chi connectivity index (χ4v) is 4.99. The fraction of sp³-hybridized carbons (Fsp3) is 0.900. The quantitative estimate of drug-likeness (QED) is 0.110. The van der Waals surface area contributed by atoms with E-state index in [2.05, 4.69) is 42.3 Å². The van der Waals surface area contributed by atoms with E-state index in [4.69, 9.17) is 0 Å². The topological polar surface area (TPSA) is 8.81 Å². The van der Waals surface area contributed by atoms with Gasteiger partial charge < -0.3 is 0 Å². The van der Waals surface area contributed by atoms with Crippen molar-refractivity contribution >= 4 is 0 Å². The van der Waals surface area contributed by atoms with Crippen molar-refractivity contribution in [3.05, 3.63) is 18.2 Å². The first-order chi connectivity index (χ1) is 15.8. The lowest BCUT2D eigenvalue weighted by Crippen LogP contribution is -2.37. The fourth-order valence-electron chi connectivity index (χ4n) is 4.99. The van der Waals surface area contributed by atoms with Crippen LogP contribution in [0.4, 0.5) is 0 Å². The summed E-state index contributed by atoms with van der Waals surface area (Å²) < 4.78 is 5.00. The molecule has 2 nitrogen and oxygen atoms in total. The van der Waals surface area contributed by atoms with Crippen LogP contribution in [0.5, 0.6) is 0 Å². The second-order valence-corrected chi connectivity index (χ2v) is 10.2. The molecule has 1 rings (SSSR count). The van der Waals surface area contributed by atoms with Gasteiger partial charge >= 0.3 is 0 Å². The Hall–Kier alpha value is -0.790. The Bertz CT molecular complexity index is 505. The van der Waals surface area contributed by atoms with Crippen molar-refractivity contribution in [1.82, 2.24) is 4.57 Å². The Morgan fingerprint density at radius 2 is 0.938 bits per heavy atom. The van der Waals surface area contributed by atoms with Gasteiger partial charge in [-0.15, -0.1) is 0 Å². The molecule has 1 aromatic heterocycles. The molecule has 0 spiro atoms. The Balaban J connectivity index is 1.94. The van der Waals surface area contributed by atoms with E-state index in [1.807, 2.05) is 0 Å². The highest BCUT2D eigenvalue weighted by molar-refractivity contribution is 4.83. The summed E-state index contributed by atoms with van der Waals surface area (Å²) in [6.07, 6.45) is 35.9. The molecule has 0 unspecified atom stereocenters. The summed E-state index contributed by atoms with van der Waals surface area (Å²) in [5.74, 6) is 1.56. The molecule has 1 aromatic rings. The predicted molar refractivity (Wildman–Crippen MR) is 142 cm³/mol. The number of unbranched alkanes of at least 4 members (excludes halogenated alkanes) is 19. The lowest BCUT2D eigenvalue weighted by Gasteiger charge is -2.05. The van der Waals surface area contributed by atoms with Gasteiger partial charge in [0.25, 0.3) is 5.82 Å². The third-order valence-corrected chi connectivity index (χ3v) is 7.19. The Kier molecular flexibility index (Phi) is 20.1. The second kappa shape index (κ2) is 22.0. The predicted octanol–water partition coefficient (Wildman–Crippen LogP) is 9.57. The van der Waals surface area contributed by atoms with Crippen LogP contribution in [0, 0.1) is 0 Å². The molecule has 0 aliphatic carbocycles. The van der Waals surface area contributed by atoms with E-state index < -0.39 is 0 Å². The summed E-state index contributed by atoms with van der Waals surface area (Å²) in [4.78, 5) is 0. The van der Waals surface area contributed by atoms with Crippen molar-refractivity contribution in [3.63, 3.8) is 0 Å². The van der Waals surface area contributed by atoms with Crippen molar-refractivity contribution in [3.8, 4) is 0 Å². The molecule has 0 aromatic carbocycles. The molecule has 0 amide bonds. The molecule has 0 fully saturated rings. The van der Waals surface area contributed by atoms with Crippen LogP contribution >= 0.6 is 0 Å². The zero-order chi connectivity index (χ0) is 23.1. The zero-order valence-electron chi connectivity index (χ0n) is 22.5. The number of aryl methyl sites for hydroxylation is 2. The molecule has 1 heterocycles. The summed E-state index contributed by atoms with van der Waals surface area (Å²) >= 11 is 0. The van der Waals surface area contributed by atoms with Crippen LogP contribution in [0.15, 0.2) is 12.4 Å². The van der Waals surface area contributed by atoms with E-state index in [9.17, 15) is 0 Å². The minimum atomic E-state index is 1.11. The molecule has 0 radical (unpaired) electrons. The highest BCUT2D eigenvalue weighted by Gasteiger charge is 2.15. The molecule has 0 aliphatic heterocycles. The van der Waals surface area contributed by atoms with Gasteiger partial charge in [-0.1, -0.05) is 129 Å². The van der Waals surface area contributed by atoms with Crippen LogP contribution in [0.2, 0.25) is 0 Å². The molecule has 0 saturated carbocycles. The van der Waals surface area contributed by atoms with Crippen molar-refractivity contribution in [2.75, 3.05) is 0 Å². The van der Waals surface area contributed by atoms with Gasteiger partial charge in [0.2, 0.25) is 0 Å². The second-order valence-electron chi connectivity index (χ2n) is 10.2.